The van der Waals surface area contributed by atoms with Gasteiger partial charge < -0.3 is 0 Å². The van der Waals surface area contributed by atoms with E-state index in [-0.39, 0.29) is 0 Å². The van der Waals surface area contributed by atoms with Crippen molar-refractivity contribution < 1.29 is 0 Å². The van der Waals surface area contributed by atoms with Crippen LogP contribution >= 0.6 is 11.3 Å². The Morgan fingerprint density at radius 2 is 1.82 bits per heavy atom. The molecule has 90 valence electrons. The normalized spacial score (nSPS) is 11.4. The fourth-order valence-corrected chi connectivity index (χ4v) is 2.59. The monoisotopic (exact) mass is 245 g/mol. The van der Waals surface area contributed by atoms with Crippen molar-refractivity contribution in [1.29, 1.82) is 0 Å². The molecule has 0 saturated heterocycles. The van der Waals surface area contributed by atoms with Gasteiger partial charge in [-0.25, -0.2) is 4.98 Å². The summed E-state index contributed by atoms with van der Waals surface area (Å²) in [7, 11) is 0. The maximum atomic E-state index is 4.70. The summed E-state index contributed by atoms with van der Waals surface area (Å²) in [5, 5.41) is 3.38. The molecule has 0 radical (unpaired) electrons. The van der Waals surface area contributed by atoms with Gasteiger partial charge in [0.1, 0.15) is 0 Å². The minimum Gasteiger partial charge on any atom is -0.241 e. The van der Waals surface area contributed by atoms with Gasteiger partial charge in [0.15, 0.2) is 0 Å². The number of thiazole rings is 1. The zero-order valence-corrected chi connectivity index (χ0v) is 11.7. The molecule has 2 rings (SSSR count). The Balaban J connectivity index is 2.35. The minimum atomic E-state index is 0.516. The van der Waals surface area contributed by atoms with Crippen LogP contribution in [-0.4, -0.2) is 4.98 Å². The first-order valence-corrected chi connectivity index (χ1v) is 7.01. The number of aromatic nitrogens is 1. The second-order valence-electron chi connectivity index (χ2n) is 5.01. The molecule has 2 aromatic rings. The second kappa shape index (κ2) is 5.01. The van der Waals surface area contributed by atoms with Gasteiger partial charge in [-0.3, -0.25) is 0 Å². The van der Waals surface area contributed by atoms with Crippen LogP contribution in [-0.2, 0) is 0 Å². The summed E-state index contributed by atoms with van der Waals surface area (Å²) < 4.78 is 0. The van der Waals surface area contributed by atoms with Crippen LogP contribution in [0, 0.1) is 0 Å². The van der Waals surface area contributed by atoms with Crippen molar-refractivity contribution in [2.24, 2.45) is 0 Å². The van der Waals surface area contributed by atoms with Crippen molar-refractivity contribution in [1.82, 2.24) is 4.98 Å². The predicted octanol–water partition coefficient (Wildman–Crippen LogP) is 5.06. The molecule has 2 heteroatoms. The summed E-state index contributed by atoms with van der Waals surface area (Å²) in [5.41, 5.74) is 3.72. The van der Waals surface area contributed by atoms with E-state index >= 15 is 0 Å². The summed E-state index contributed by atoms with van der Waals surface area (Å²) in [6.45, 7) is 8.82. The Bertz CT molecular complexity index is 497. The number of hydrogen-bond acceptors (Lipinski definition) is 2. The van der Waals surface area contributed by atoms with Crippen LogP contribution in [0.25, 0.3) is 11.3 Å². The average Bonchev–Trinajstić information content (AvgIpc) is 2.78. The number of rotatable bonds is 3. The van der Waals surface area contributed by atoms with Gasteiger partial charge in [0.05, 0.1) is 10.7 Å². The SMILES string of the molecule is CC(C)c1cccc(-c2csc(C(C)C)n2)c1. The lowest BCUT2D eigenvalue weighted by molar-refractivity contribution is 0.853. The molecule has 0 bridgehead atoms. The Hall–Kier alpha value is -1.15. The van der Waals surface area contributed by atoms with Crippen molar-refractivity contribution in [2.75, 3.05) is 0 Å². The van der Waals surface area contributed by atoms with E-state index < -0.39 is 0 Å². The maximum absolute atomic E-state index is 4.70. The van der Waals surface area contributed by atoms with Gasteiger partial charge >= 0.3 is 0 Å². The lowest BCUT2D eigenvalue weighted by Gasteiger charge is -2.06. The summed E-state index contributed by atoms with van der Waals surface area (Å²) in [4.78, 5) is 4.70. The van der Waals surface area contributed by atoms with Crippen molar-refractivity contribution in [3.63, 3.8) is 0 Å². The molecule has 17 heavy (non-hydrogen) atoms. The van der Waals surface area contributed by atoms with Crippen LogP contribution in [0.5, 0.6) is 0 Å². The van der Waals surface area contributed by atoms with Crippen molar-refractivity contribution >= 4 is 11.3 Å². The quantitative estimate of drug-likeness (QED) is 0.736. The van der Waals surface area contributed by atoms with E-state index in [1.54, 1.807) is 11.3 Å². The van der Waals surface area contributed by atoms with Gasteiger partial charge in [-0.2, -0.15) is 0 Å². The number of nitrogens with zero attached hydrogens (tertiary/aromatic N) is 1. The third kappa shape index (κ3) is 2.75. The summed E-state index contributed by atoms with van der Waals surface area (Å²) >= 11 is 1.76. The van der Waals surface area contributed by atoms with Crippen LogP contribution in [0.2, 0.25) is 0 Å². The Labute approximate surface area is 108 Å². The van der Waals surface area contributed by atoms with Crippen molar-refractivity contribution in [3.8, 4) is 11.3 Å². The Morgan fingerprint density at radius 1 is 1.06 bits per heavy atom. The van der Waals surface area contributed by atoms with Gasteiger partial charge in [0, 0.05) is 16.9 Å². The molecule has 0 spiro atoms. The topological polar surface area (TPSA) is 12.9 Å². The molecule has 1 aromatic heterocycles. The van der Waals surface area contributed by atoms with Gasteiger partial charge in [-0.05, 0) is 17.5 Å². The molecule has 0 fully saturated rings. The lowest BCUT2D eigenvalue weighted by atomic mass is 10.00. The van der Waals surface area contributed by atoms with Gasteiger partial charge in [0.25, 0.3) is 0 Å². The van der Waals surface area contributed by atoms with Crippen LogP contribution in [0.4, 0.5) is 0 Å². The zero-order chi connectivity index (χ0) is 12.4. The molecule has 0 amide bonds. The zero-order valence-electron chi connectivity index (χ0n) is 10.9. The highest BCUT2D eigenvalue weighted by molar-refractivity contribution is 7.10. The minimum absolute atomic E-state index is 0.516. The van der Waals surface area contributed by atoms with E-state index in [9.17, 15) is 0 Å². The predicted molar refractivity (Wildman–Crippen MR) is 75.7 cm³/mol. The van der Waals surface area contributed by atoms with E-state index in [4.69, 9.17) is 4.98 Å². The molecule has 0 atom stereocenters. The smallest absolute Gasteiger partial charge is 0.0958 e. The first kappa shape index (κ1) is 12.3. The first-order chi connectivity index (χ1) is 8.08. The number of benzene rings is 1. The van der Waals surface area contributed by atoms with Crippen LogP contribution in [0.3, 0.4) is 0 Å². The van der Waals surface area contributed by atoms with Gasteiger partial charge in [-0.15, -0.1) is 11.3 Å². The molecule has 1 heterocycles. The third-order valence-corrected chi connectivity index (χ3v) is 4.01. The highest BCUT2D eigenvalue weighted by Crippen LogP contribution is 2.28. The Morgan fingerprint density at radius 3 is 2.41 bits per heavy atom. The largest absolute Gasteiger partial charge is 0.241 e. The maximum Gasteiger partial charge on any atom is 0.0958 e. The van der Waals surface area contributed by atoms with E-state index in [1.807, 2.05) is 0 Å². The standard InChI is InChI=1S/C15H19NS/c1-10(2)12-6-5-7-13(8-12)14-9-17-15(16-14)11(3)4/h5-11H,1-4H3. The molecule has 0 aliphatic rings. The van der Waals surface area contributed by atoms with Crippen LogP contribution in [0.1, 0.15) is 50.1 Å². The second-order valence-corrected chi connectivity index (χ2v) is 5.90. The average molecular weight is 245 g/mol. The van der Waals surface area contributed by atoms with Gasteiger partial charge in [-0.1, -0.05) is 45.9 Å². The molecule has 1 nitrogen and oxygen atoms in total. The lowest BCUT2D eigenvalue weighted by Crippen LogP contribution is -1.89. The molecule has 0 unspecified atom stereocenters. The molecule has 0 N–H and O–H groups in total. The molecular weight excluding hydrogens is 226 g/mol. The van der Waals surface area contributed by atoms with Gasteiger partial charge in [0.2, 0.25) is 0 Å². The molecule has 1 aromatic carbocycles. The summed E-state index contributed by atoms with van der Waals surface area (Å²) in [5.74, 6) is 1.08. The van der Waals surface area contributed by atoms with E-state index in [0.29, 0.717) is 11.8 Å². The highest BCUT2D eigenvalue weighted by atomic mass is 32.1. The van der Waals surface area contributed by atoms with E-state index in [0.717, 1.165) is 5.69 Å². The summed E-state index contributed by atoms with van der Waals surface area (Å²) in [6.07, 6.45) is 0. The molecule has 0 saturated carbocycles. The fourth-order valence-electron chi connectivity index (χ4n) is 1.74. The highest BCUT2D eigenvalue weighted by Gasteiger charge is 2.08. The molecular formula is C15H19NS. The van der Waals surface area contributed by atoms with E-state index in [1.165, 1.54) is 16.1 Å². The molecule has 0 aliphatic carbocycles. The van der Waals surface area contributed by atoms with Crippen LogP contribution in [0.15, 0.2) is 29.6 Å². The Kier molecular flexibility index (Phi) is 3.63. The summed E-state index contributed by atoms with van der Waals surface area (Å²) in [6, 6.07) is 8.71. The fraction of sp³-hybridized carbons (Fsp3) is 0.400. The molecule has 0 aliphatic heterocycles. The van der Waals surface area contributed by atoms with Crippen LogP contribution < -0.4 is 0 Å². The van der Waals surface area contributed by atoms with Crippen molar-refractivity contribution in [2.45, 2.75) is 39.5 Å². The van der Waals surface area contributed by atoms with E-state index in [2.05, 4.69) is 57.3 Å². The first-order valence-electron chi connectivity index (χ1n) is 6.13. The number of hydrogen-bond donors (Lipinski definition) is 0. The third-order valence-electron chi connectivity index (χ3n) is 2.86. The van der Waals surface area contributed by atoms with Crippen molar-refractivity contribution in [3.05, 3.63) is 40.2 Å².